The zero-order valence-corrected chi connectivity index (χ0v) is 18.3. The Balaban J connectivity index is 1.62. The second-order valence-corrected chi connectivity index (χ2v) is 7.54. The maximum atomic E-state index is 12.0. The third kappa shape index (κ3) is 5.21. The highest BCUT2D eigenvalue weighted by Crippen LogP contribution is 2.22. The van der Waals surface area contributed by atoms with Gasteiger partial charge in [-0.25, -0.2) is 5.43 Å². The lowest BCUT2D eigenvalue weighted by Crippen LogP contribution is -2.24. The summed E-state index contributed by atoms with van der Waals surface area (Å²) >= 11 is 5.83. The van der Waals surface area contributed by atoms with Gasteiger partial charge in [0.05, 0.1) is 6.21 Å². The van der Waals surface area contributed by atoms with Gasteiger partial charge in [0.1, 0.15) is 5.75 Å². The number of amides is 1. The molecule has 156 valence electrons. The molecular weight excluding hydrogens is 400 g/mol. The van der Waals surface area contributed by atoms with Crippen LogP contribution in [0.2, 0.25) is 5.02 Å². The summed E-state index contributed by atoms with van der Waals surface area (Å²) in [5, 5.41) is 4.68. The summed E-state index contributed by atoms with van der Waals surface area (Å²) in [4.78, 5) is 14.0. The van der Waals surface area contributed by atoms with Gasteiger partial charge in [-0.3, -0.25) is 4.79 Å². The van der Waals surface area contributed by atoms with Gasteiger partial charge in [-0.2, -0.15) is 5.10 Å². The van der Waals surface area contributed by atoms with E-state index in [4.69, 9.17) is 16.3 Å². The van der Waals surface area contributed by atoms with Gasteiger partial charge in [-0.1, -0.05) is 11.6 Å². The van der Waals surface area contributed by atoms with Gasteiger partial charge in [0.25, 0.3) is 5.91 Å². The van der Waals surface area contributed by atoms with Crippen LogP contribution in [0.4, 0.5) is 5.69 Å². The topological polar surface area (TPSA) is 58.9 Å². The Morgan fingerprint density at radius 1 is 1.13 bits per heavy atom. The smallest absolute Gasteiger partial charge is 0.277 e. The molecule has 7 heteroatoms. The minimum absolute atomic E-state index is 0.129. The predicted octanol–water partition coefficient (Wildman–Crippen LogP) is 4.34. The minimum atomic E-state index is -0.339. The van der Waals surface area contributed by atoms with Crippen molar-refractivity contribution in [2.75, 3.05) is 25.6 Å². The average Bonchev–Trinajstić information content (AvgIpc) is 3.01. The van der Waals surface area contributed by atoms with Gasteiger partial charge in [0, 0.05) is 47.4 Å². The number of nitrogens with one attached hydrogen (secondary N) is 1. The molecule has 0 unspecified atom stereocenters. The minimum Gasteiger partial charge on any atom is -0.484 e. The van der Waals surface area contributed by atoms with Crippen LogP contribution in [-0.2, 0) is 4.79 Å². The number of carbonyl (C=O) groups excluding carboxylic acids is 1. The Kier molecular flexibility index (Phi) is 6.79. The van der Waals surface area contributed by atoms with Crippen LogP contribution in [0.5, 0.6) is 5.75 Å². The molecule has 0 aliphatic heterocycles. The number of nitrogens with zero attached hydrogens (tertiary/aromatic N) is 3. The maximum Gasteiger partial charge on any atom is 0.277 e. The van der Waals surface area contributed by atoms with Crippen LogP contribution in [0.3, 0.4) is 0 Å². The standard InChI is InChI=1S/C23H25ClN4O2/c1-16-13-18(17(2)28(16)21-9-7-20(8-10-21)27(3)4)14-25-26-23(29)15-30-22-11-5-19(24)6-12-22/h5-14H,15H2,1-4H3,(H,26,29)/b25-14-. The number of rotatable bonds is 7. The average molecular weight is 425 g/mol. The molecule has 2 aromatic carbocycles. The molecule has 1 amide bonds. The normalized spacial score (nSPS) is 11.0. The molecule has 30 heavy (non-hydrogen) atoms. The van der Waals surface area contributed by atoms with Crippen molar-refractivity contribution >= 4 is 29.4 Å². The van der Waals surface area contributed by atoms with Gasteiger partial charge >= 0.3 is 0 Å². The van der Waals surface area contributed by atoms with Crippen LogP contribution in [0.1, 0.15) is 17.0 Å². The molecule has 0 atom stereocenters. The van der Waals surface area contributed by atoms with Gasteiger partial charge in [0.15, 0.2) is 6.61 Å². The summed E-state index contributed by atoms with van der Waals surface area (Å²) in [6.07, 6.45) is 1.65. The molecule has 3 rings (SSSR count). The Morgan fingerprint density at radius 2 is 1.80 bits per heavy atom. The fourth-order valence-electron chi connectivity index (χ4n) is 3.10. The van der Waals surface area contributed by atoms with Crippen molar-refractivity contribution in [3.05, 3.63) is 76.6 Å². The first-order chi connectivity index (χ1) is 14.3. The molecule has 1 aromatic heterocycles. The molecule has 0 radical (unpaired) electrons. The lowest BCUT2D eigenvalue weighted by molar-refractivity contribution is -0.123. The molecule has 0 fully saturated rings. The van der Waals surface area contributed by atoms with E-state index in [2.05, 4.69) is 44.3 Å². The van der Waals surface area contributed by atoms with Crippen LogP contribution < -0.4 is 15.1 Å². The highest BCUT2D eigenvalue weighted by Gasteiger charge is 2.10. The third-order valence-corrected chi connectivity index (χ3v) is 4.92. The number of aryl methyl sites for hydroxylation is 1. The van der Waals surface area contributed by atoms with Gasteiger partial charge in [-0.15, -0.1) is 0 Å². The van der Waals surface area contributed by atoms with E-state index in [0.717, 1.165) is 28.3 Å². The van der Waals surface area contributed by atoms with E-state index in [1.54, 1.807) is 30.5 Å². The second kappa shape index (κ2) is 9.50. The zero-order valence-electron chi connectivity index (χ0n) is 17.5. The first-order valence-electron chi connectivity index (χ1n) is 9.52. The van der Waals surface area contributed by atoms with Crippen LogP contribution in [0.25, 0.3) is 5.69 Å². The summed E-state index contributed by atoms with van der Waals surface area (Å²) in [6.45, 7) is 3.94. The third-order valence-electron chi connectivity index (χ3n) is 4.67. The van der Waals surface area contributed by atoms with E-state index in [0.29, 0.717) is 10.8 Å². The Morgan fingerprint density at radius 3 is 2.43 bits per heavy atom. The largest absolute Gasteiger partial charge is 0.484 e. The number of hydrazone groups is 1. The van der Waals surface area contributed by atoms with Crippen molar-refractivity contribution < 1.29 is 9.53 Å². The Bertz CT molecular complexity index is 1040. The first kappa shape index (κ1) is 21.5. The second-order valence-electron chi connectivity index (χ2n) is 7.11. The van der Waals surface area contributed by atoms with Crippen LogP contribution in [-0.4, -0.2) is 37.4 Å². The molecular formula is C23H25ClN4O2. The van der Waals surface area contributed by atoms with Gasteiger partial charge < -0.3 is 14.2 Å². The summed E-state index contributed by atoms with van der Waals surface area (Å²) in [5.74, 6) is 0.233. The predicted molar refractivity (Wildman–Crippen MR) is 122 cm³/mol. The number of ether oxygens (including phenoxy) is 1. The Labute approximate surface area is 181 Å². The molecule has 0 saturated carbocycles. The van der Waals surface area contributed by atoms with Crippen molar-refractivity contribution in [1.29, 1.82) is 0 Å². The van der Waals surface area contributed by atoms with Gasteiger partial charge in [0.2, 0.25) is 0 Å². The summed E-state index contributed by atoms with van der Waals surface area (Å²) in [7, 11) is 4.04. The van der Waals surface area contributed by atoms with Crippen LogP contribution in [0.15, 0.2) is 59.7 Å². The highest BCUT2D eigenvalue weighted by molar-refractivity contribution is 6.30. The highest BCUT2D eigenvalue weighted by atomic mass is 35.5. The first-order valence-corrected chi connectivity index (χ1v) is 9.90. The quantitative estimate of drug-likeness (QED) is 0.453. The number of aromatic nitrogens is 1. The molecule has 0 aliphatic rings. The number of hydrogen-bond donors (Lipinski definition) is 1. The van der Waals surface area contributed by atoms with Gasteiger partial charge in [-0.05, 0) is 68.4 Å². The summed E-state index contributed by atoms with van der Waals surface area (Å²) in [5.41, 5.74) is 7.78. The number of carbonyl (C=O) groups is 1. The molecule has 0 spiro atoms. The van der Waals surface area contributed by atoms with E-state index in [1.165, 1.54) is 0 Å². The summed E-state index contributed by atoms with van der Waals surface area (Å²) in [6, 6.07) is 17.2. The van der Waals surface area contributed by atoms with E-state index < -0.39 is 0 Å². The SMILES string of the molecule is Cc1cc(/C=N\NC(=O)COc2ccc(Cl)cc2)c(C)n1-c1ccc(N(C)C)cc1. The molecule has 0 saturated heterocycles. The lowest BCUT2D eigenvalue weighted by Gasteiger charge is -2.14. The van der Waals surface area contributed by atoms with Crippen molar-refractivity contribution in [2.45, 2.75) is 13.8 Å². The number of hydrogen-bond acceptors (Lipinski definition) is 4. The summed E-state index contributed by atoms with van der Waals surface area (Å²) < 4.78 is 7.56. The van der Waals surface area contributed by atoms with E-state index in [-0.39, 0.29) is 12.5 Å². The van der Waals surface area contributed by atoms with E-state index in [9.17, 15) is 4.79 Å². The van der Waals surface area contributed by atoms with Crippen molar-refractivity contribution in [3.8, 4) is 11.4 Å². The molecule has 6 nitrogen and oxygen atoms in total. The van der Waals surface area contributed by atoms with Crippen molar-refractivity contribution in [2.24, 2.45) is 5.10 Å². The van der Waals surface area contributed by atoms with Crippen molar-refractivity contribution in [1.82, 2.24) is 9.99 Å². The van der Waals surface area contributed by atoms with E-state index in [1.807, 2.05) is 34.0 Å². The lowest BCUT2D eigenvalue weighted by atomic mass is 10.2. The van der Waals surface area contributed by atoms with Crippen molar-refractivity contribution in [3.63, 3.8) is 0 Å². The molecule has 1 N–H and O–H groups in total. The fourth-order valence-corrected chi connectivity index (χ4v) is 3.23. The van der Waals surface area contributed by atoms with Crippen LogP contribution in [0, 0.1) is 13.8 Å². The molecule has 0 aliphatic carbocycles. The number of benzene rings is 2. The molecule has 0 bridgehead atoms. The fraction of sp³-hybridized carbons (Fsp3) is 0.217. The molecule has 3 aromatic rings. The maximum absolute atomic E-state index is 12.0. The monoisotopic (exact) mass is 424 g/mol. The number of anilines is 1. The zero-order chi connectivity index (χ0) is 21.7. The Hall–Kier alpha value is -3.25. The molecule has 1 heterocycles. The van der Waals surface area contributed by atoms with E-state index >= 15 is 0 Å². The van der Waals surface area contributed by atoms with Crippen LogP contribution >= 0.6 is 11.6 Å². The number of halogens is 1.